The summed E-state index contributed by atoms with van der Waals surface area (Å²) in [6, 6.07) is 17.2. The van der Waals surface area contributed by atoms with Gasteiger partial charge in [-0.15, -0.1) is 0 Å². The highest BCUT2D eigenvalue weighted by Gasteiger charge is 2.30. The molecule has 0 aromatic heterocycles. The molecule has 6 heteroatoms. The standard InChI is InChI=1S/C23H28N2O3S/c1-18(2)21-10-6-7-11-22(21)24-23(26)20-12-15-25(16-13-20)29(27,28)17-14-19-8-4-3-5-9-19/h3-11,14,17-18,20H,12-13,15-16H2,1-2H3,(H,24,26)/b17-14+. The topological polar surface area (TPSA) is 66.5 Å². The van der Waals surface area contributed by atoms with Gasteiger partial charge in [0.15, 0.2) is 0 Å². The van der Waals surface area contributed by atoms with Crippen molar-refractivity contribution in [2.24, 2.45) is 5.92 Å². The van der Waals surface area contributed by atoms with Gasteiger partial charge >= 0.3 is 0 Å². The van der Waals surface area contributed by atoms with Crippen LogP contribution in [0, 0.1) is 5.92 Å². The SMILES string of the molecule is CC(C)c1ccccc1NC(=O)C1CCN(S(=O)(=O)/C=C/c2ccccc2)CC1. The minimum Gasteiger partial charge on any atom is -0.326 e. The first-order chi connectivity index (χ1) is 13.9. The first-order valence-electron chi connectivity index (χ1n) is 10.00. The van der Waals surface area contributed by atoms with Gasteiger partial charge in [0, 0.05) is 30.1 Å². The summed E-state index contributed by atoms with van der Waals surface area (Å²) < 4.78 is 26.6. The van der Waals surface area contributed by atoms with E-state index in [1.54, 1.807) is 6.08 Å². The van der Waals surface area contributed by atoms with Crippen molar-refractivity contribution in [3.05, 3.63) is 71.1 Å². The Balaban J connectivity index is 1.59. The lowest BCUT2D eigenvalue weighted by atomic mass is 9.96. The zero-order valence-corrected chi connectivity index (χ0v) is 17.7. The number of hydrogen-bond donors (Lipinski definition) is 1. The zero-order chi connectivity index (χ0) is 20.9. The molecule has 1 N–H and O–H groups in total. The Hall–Kier alpha value is -2.44. The zero-order valence-electron chi connectivity index (χ0n) is 16.9. The van der Waals surface area contributed by atoms with Gasteiger partial charge < -0.3 is 5.32 Å². The van der Waals surface area contributed by atoms with Gasteiger partial charge in [-0.2, -0.15) is 4.31 Å². The van der Waals surface area contributed by atoms with Crippen LogP contribution in [0.2, 0.25) is 0 Å². The number of carbonyl (C=O) groups excluding carboxylic acids is 1. The van der Waals surface area contributed by atoms with Crippen molar-refractivity contribution in [1.29, 1.82) is 0 Å². The van der Waals surface area contributed by atoms with Gasteiger partial charge in [-0.3, -0.25) is 4.79 Å². The highest BCUT2D eigenvalue weighted by molar-refractivity contribution is 7.92. The number of carbonyl (C=O) groups is 1. The van der Waals surface area contributed by atoms with E-state index in [2.05, 4.69) is 19.2 Å². The minimum atomic E-state index is -3.49. The van der Waals surface area contributed by atoms with Crippen molar-refractivity contribution in [3.63, 3.8) is 0 Å². The quantitative estimate of drug-likeness (QED) is 0.762. The normalized spacial score (nSPS) is 16.4. The molecule has 0 bridgehead atoms. The summed E-state index contributed by atoms with van der Waals surface area (Å²) >= 11 is 0. The van der Waals surface area contributed by atoms with Crippen LogP contribution in [0.1, 0.15) is 43.7 Å². The number of benzene rings is 2. The van der Waals surface area contributed by atoms with Crippen LogP contribution in [-0.4, -0.2) is 31.7 Å². The van der Waals surface area contributed by atoms with E-state index in [4.69, 9.17) is 0 Å². The Morgan fingerprint density at radius 3 is 2.31 bits per heavy atom. The third kappa shape index (κ3) is 5.55. The molecular formula is C23H28N2O3S. The van der Waals surface area contributed by atoms with Crippen molar-refractivity contribution >= 4 is 27.7 Å². The molecule has 0 saturated carbocycles. The van der Waals surface area contributed by atoms with Crippen LogP contribution in [0.4, 0.5) is 5.69 Å². The summed E-state index contributed by atoms with van der Waals surface area (Å²) in [7, 11) is -3.49. The Morgan fingerprint density at radius 1 is 1.03 bits per heavy atom. The van der Waals surface area contributed by atoms with E-state index >= 15 is 0 Å². The lowest BCUT2D eigenvalue weighted by molar-refractivity contribution is -0.120. The van der Waals surface area contributed by atoms with Gasteiger partial charge in [0.2, 0.25) is 15.9 Å². The second kappa shape index (κ2) is 9.37. The molecule has 0 unspecified atom stereocenters. The van der Waals surface area contributed by atoms with Gasteiger partial charge in [-0.1, -0.05) is 62.4 Å². The number of piperidine rings is 1. The lowest BCUT2D eigenvalue weighted by Crippen LogP contribution is -2.40. The number of rotatable bonds is 6. The van der Waals surface area contributed by atoms with Crippen LogP contribution in [0.5, 0.6) is 0 Å². The lowest BCUT2D eigenvalue weighted by Gasteiger charge is -2.30. The van der Waals surface area contributed by atoms with Gasteiger partial charge in [0.25, 0.3) is 0 Å². The molecule has 5 nitrogen and oxygen atoms in total. The van der Waals surface area contributed by atoms with Crippen LogP contribution in [0.25, 0.3) is 6.08 Å². The molecule has 0 atom stereocenters. The average Bonchev–Trinajstić information content (AvgIpc) is 2.73. The smallest absolute Gasteiger partial charge is 0.236 e. The monoisotopic (exact) mass is 412 g/mol. The van der Waals surface area contributed by atoms with Crippen molar-refractivity contribution in [1.82, 2.24) is 4.31 Å². The molecule has 1 saturated heterocycles. The van der Waals surface area contributed by atoms with Crippen LogP contribution < -0.4 is 5.32 Å². The van der Waals surface area contributed by atoms with Crippen LogP contribution in [-0.2, 0) is 14.8 Å². The number of nitrogens with one attached hydrogen (secondary N) is 1. The Labute approximate surface area is 173 Å². The van der Waals surface area contributed by atoms with Crippen LogP contribution in [0.3, 0.4) is 0 Å². The van der Waals surface area contributed by atoms with E-state index in [0.717, 1.165) is 16.8 Å². The molecule has 1 aliphatic rings. The molecule has 1 heterocycles. The molecule has 2 aromatic rings. The predicted molar refractivity (Wildman–Crippen MR) is 118 cm³/mol. The fraction of sp³-hybridized carbons (Fsp3) is 0.348. The maximum Gasteiger partial charge on any atom is 0.236 e. The van der Waals surface area contributed by atoms with Gasteiger partial charge in [-0.05, 0) is 42.0 Å². The second-order valence-electron chi connectivity index (χ2n) is 7.66. The summed E-state index contributed by atoms with van der Waals surface area (Å²) in [4.78, 5) is 12.7. The van der Waals surface area contributed by atoms with Crippen molar-refractivity contribution in [3.8, 4) is 0 Å². The summed E-state index contributed by atoms with van der Waals surface area (Å²) in [5, 5.41) is 4.29. The summed E-state index contributed by atoms with van der Waals surface area (Å²) in [5.41, 5.74) is 2.79. The van der Waals surface area contributed by atoms with E-state index in [9.17, 15) is 13.2 Å². The van der Waals surface area contributed by atoms with Crippen molar-refractivity contribution < 1.29 is 13.2 Å². The maximum absolute atomic E-state index is 12.7. The molecular weight excluding hydrogens is 384 g/mol. The van der Waals surface area contributed by atoms with Crippen molar-refractivity contribution in [2.75, 3.05) is 18.4 Å². The molecule has 3 rings (SSSR count). The maximum atomic E-state index is 12.7. The first-order valence-corrected chi connectivity index (χ1v) is 11.5. The number of anilines is 1. The summed E-state index contributed by atoms with van der Waals surface area (Å²) in [5.74, 6) is 0.102. The van der Waals surface area contributed by atoms with E-state index < -0.39 is 10.0 Å². The molecule has 2 aromatic carbocycles. The fourth-order valence-corrected chi connectivity index (χ4v) is 4.76. The molecule has 29 heavy (non-hydrogen) atoms. The summed E-state index contributed by atoms with van der Waals surface area (Å²) in [6.45, 7) is 4.89. The third-order valence-electron chi connectivity index (χ3n) is 5.26. The number of hydrogen-bond acceptors (Lipinski definition) is 3. The Morgan fingerprint density at radius 2 is 1.66 bits per heavy atom. The largest absolute Gasteiger partial charge is 0.326 e. The van der Waals surface area contributed by atoms with Gasteiger partial charge in [0.1, 0.15) is 0 Å². The Kier molecular flexibility index (Phi) is 6.87. The van der Waals surface area contributed by atoms with Gasteiger partial charge in [-0.25, -0.2) is 8.42 Å². The molecule has 0 radical (unpaired) electrons. The molecule has 0 aliphatic carbocycles. The molecule has 0 spiro atoms. The molecule has 154 valence electrons. The molecule has 1 aliphatic heterocycles. The predicted octanol–water partition coefficient (Wildman–Crippen LogP) is 4.46. The number of sulfonamides is 1. The Bertz CT molecular complexity index is 961. The number of para-hydroxylation sites is 1. The molecule has 1 amide bonds. The van der Waals surface area contributed by atoms with Crippen molar-refractivity contribution in [2.45, 2.75) is 32.6 Å². The minimum absolute atomic E-state index is 0.0324. The van der Waals surface area contributed by atoms with E-state index in [0.29, 0.717) is 31.8 Å². The van der Waals surface area contributed by atoms with Gasteiger partial charge in [0.05, 0.1) is 0 Å². The van der Waals surface area contributed by atoms with E-state index in [1.165, 1.54) is 9.71 Å². The van der Waals surface area contributed by atoms with E-state index in [-0.39, 0.29) is 11.8 Å². The number of amides is 1. The number of nitrogens with zero attached hydrogens (tertiary/aromatic N) is 1. The van der Waals surface area contributed by atoms with E-state index in [1.807, 2.05) is 54.6 Å². The fourth-order valence-electron chi connectivity index (χ4n) is 3.54. The second-order valence-corrected chi connectivity index (χ2v) is 9.48. The highest BCUT2D eigenvalue weighted by atomic mass is 32.2. The first kappa shape index (κ1) is 21.3. The van der Waals surface area contributed by atoms with Crippen LogP contribution in [0.15, 0.2) is 60.0 Å². The summed E-state index contributed by atoms with van der Waals surface area (Å²) in [6.07, 6.45) is 2.65. The molecule has 1 fully saturated rings. The third-order valence-corrected chi connectivity index (χ3v) is 6.82. The highest BCUT2D eigenvalue weighted by Crippen LogP contribution is 2.26. The van der Waals surface area contributed by atoms with Crippen LogP contribution >= 0.6 is 0 Å². The average molecular weight is 413 g/mol.